The summed E-state index contributed by atoms with van der Waals surface area (Å²) in [7, 11) is 0. The number of rotatable bonds is 3. The maximum Gasteiger partial charge on any atom is 0.157 e. The van der Waals surface area contributed by atoms with E-state index in [4.69, 9.17) is 17.3 Å². The third-order valence-electron chi connectivity index (χ3n) is 3.36. The van der Waals surface area contributed by atoms with Crippen LogP contribution in [0.5, 0.6) is 0 Å². The summed E-state index contributed by atoms with van der Waals surface area (Å²) in [5, 5.41) is 0.663. The highest BCUT2D eigenvalue weighted by atomic mass is 35.5. The molecule has 0 amide bonds. The van der Waals surface area contributed by atoms with E-state index in [9.17, 15) is 4.79 Å². The average molecular weight is 238 g/mol. The summed E-state index contributed by atoms with van der Waals surface area (Å²) in [5.74, 6) is 0.115. The molecule has 0 bridgehead atoms. The molecule has 16 heavy (non-hydrogen) atoms. The lowest BCUT2D eigenvalue weighted by Gasteiger charge is -2.36. The average Bonchev–Trinajstić information content (AvgIpc) is 2.18. The molecule has 1 saturated carbocycles. The van der Waals surface area contributed by atoms with Crippen molar-refractivity contribution in [2.75, 3.05) is 0 Å². The largest absolute Gasteiger partial charge is 0.319 e. The Morgan fingerprint density at radius 3 is 2.69 bits per heavy atom. The van der Waals surface area contributed by atoms with Gasteiger partial charge in [0.1, 0.15) is 0 Å². The second kappa shape index (κ2) is 4.19. The fourth-order valence-corrected chi connectivity index (χ4v) is 2.28. The van der Waals surface area contributed by atoms with Crippen molar-refractivity contribution in [2.45, 2.75) is 38.1 Å². The Hall–Kier alpha value is -0.860. The summed E-state index contributed by atoms with van der Waals surface area (Å²) in [4.78, 5) is 12.0. The van der Waals surface area contributed by atoms with Gasteiger partial charge in [-0.25, -0.2) is 0 Å². The van der Waals surface area contributed by atoms with Gasteiger partial charge in [-0.2, -0.15) is 0 Å². The van der Waals surface area contributed by atoms with E-state index in [1.807, 2.05) is 25.1 Å². The quantitative estimate of drug-likeness (QED) is 0.878. The predicted molar refractivity (Wildman–Crippen MR) is 65.7 cm³/mol. The molecule has 2 rings (SSSR count). The zero-order valence-corrected chi connectivity index (χ0v) is 10.2. The van der Waals surface area contributed by atoms with Crippen molar-refractivity contribution in [1.29, 1.82) is 0 Å². The Labute approximate surface area is 101 Å². The maximum atomic E-state index is 12.0. The van der Waals surface area contributed by atoms with Gasteiger partial charge in [0.2, 0.25) is 0 Å². The first-order valence-electron chi connectivity index (χ1n) is 5.58. The SMILES string of the molecule is Cc1ccc(CC(=O)C2(N)CCC2)c(Cl)c1. The van der Waals surface area contributed by atoms with E-state index < -0.39 is 5.54 Å². The third kappa shape index (κ3) is 2.13. The number of hydrogen-bond acceptors (Lipinski definition) is 2. The standard InChI is InChI=1S/C13H16ClNO/c1-9-3-4-10(11(14)7-9)8-12(16)13(15)5-2-6-13/h3-4,7H,2,5-6,8,15H2,1H3. The molecule has 2 N–H and O–H groups in total. The minimum Gasteiger partial charge on any atom is -0.319 e. The van der Waals surface area contributed by atoms with E-state index in [1.54, 1.807) is 0 Å². The Balaban J connectivity index is 2.12. The van der Waals surface area contributed by atoms with Crippen molar-refractivity contribution in [3.8, 4) is 0 Å². The van der Waals surface area contributed by atoms with Crippen LogP contribution in [0.1, 0.15) is 30.4 Å². The van der Waals surface area contributed by atoms with Crippen LogP contribution >= 0.6 is 11.6 Å². The van der Waals surface area contributed by atoms with Gasteiger partial charge < -0.3 is 5.73 Å². The molecule has 0 atom stereocenters. The number of hydrogen-bond donors (Lipinski definition) is 1. The molecule has 1 aliphatic carbocycles. The summed E-state index contributed by atoms with van der Waals surface area (Å²) in [6.07, 6.45) is 3.05. The Kier molecular flexibility index (Phi) is 3.04. The van der Waals surface area contributed by atoms with Crippen molar-refractivity contribution in [2.24, 2.45) is 5.73 Å². The van der Waals surface area contributed by atoms with Crippen molar-refractivity contribution >= 4 is 17.4 Å². The summed E-state index contributed by atoms with van der Waals surface area (Å²) in [6, 6.07) is 5.77. The van der Waals surface area contributed by atoms with Crippen LogP contribution in [-0.4, -0.2) is 11.3 Å². The number of aryl methyl sites for hydroxylation is 1. The minimum absolute atomic E-state index is 0.115. The molecule has 1 aromatic rings. The highest BCUT2D eigenvalue weighted by Gasteiger charge is 2.39. The summed E-state index contributed by atoms with van der Waals surface area (Å²) in [6.45, 7) is 1.98. The molecule has 0 heterocycles. The van der Waals surface area contributed by atoms with Gasteiger partial charge >= 0.3 is 0 Å². The van der Waals surface area contributed by atoms with Crippen LogP contribution < -0.4 is 5.73 Å². The van der Waals surface area contributed by atoms with E-state index in [1.165, 1.54) is 0 Å². The van der Waals surface area contributed by atoms with Crippen LogP contribution in [0.4, 0.5) is 0 Å². The van der Waals surface area contributed by atoms with Gasteiger partial charge in [0.15, 0.2) is 5.78 Å². The Morgan fingerprint density at radius 2 is 2.19 bits per heavy atom. The van der Waals surface area contributed by atoms with Crippen molar-refractivity contribution < 1.29 is 4.79 Å². The summed E-state index contributed by atoms with van der Waals surface area (Å²) >= 11 is 6.09. The van der Waals surface area contributed by atoms with Gasteiger partial charge in [-0.05, 0) is 43.4 Å². The summed E-state index contributed by atoms with van der Waals surface area (Å²) < 4.78 is 0. The topological polar surface area (TPSA) is 43.1 Å². The fourth-order valence-electron chi connectivity index (χ4n) is 1.98. The van der Waals surface area contributed by atoms with Crippen LogP contribution in [0.2, 0.25) is 5.02 Å². The number of carbonyl (C=O) groups excluding carboxylic acids is 1. The molecular formula is C13H16ClNO. The number of ketones is 1. The Bertz CT molecular complexity index is 424. The number of nitrogens with two attached hydrogens (primary N) is 1. The number of Topliss-reactive ketones (excluding diaryl/α,β-unsaturated/α-hetero) is 1. The maximum absolute atomic E-state index is 12.0. The first-order chi connectivity index (χ1) is 7.51. The molecule has 1 aliphatic rings. The van der Waals surface area contributed by atoms with Crippen LogP contribution in [0, 0.1) is 6.92 Å². The van der Waals surface area contributed by atoms with Crippen LogP contribution in [-0.2, 0) is 11.2 Å². The molecule has 86 valence electrons. The van der Waals surface area contributed by atoms with Gasteiger partial charge in [-0.1, -0.05) is 23.7 Å². The molecule has 0 aliphatic heterocycles. The second-order valence-electron chi connectivity index (χ2n) is 4.70. The minimum atomic E-state index is -0.575. The van der Waals surface area contributed by atoms with Crippen molar-refractivity contribution in [3.05, 3.63) is 34.3 Å². The predicted octanol–water partition coefficient (Wildman–Crippen LogP) is 2.64. The molecule has 0 radical (unpaired) electrons. The first-order valence-corrected chi connectivity index (χ1v) is 5.96. The zero-order valence-electron chi connectivity index (χ0n) is 9.42. The summed E-state index contributed by atoms with van der Waals surface area (Å²) in [5.41, 5.74) is 7.39. The smallest absolute Gasteiger partial charge is 0.157 e. The number of halogens is 1. The van der Waals surface area contributed by atoms with E-state index in [-0.39, 0.29) is 5.78 Å². The second-order valence-corrected chi connectivity index (χ2v) is 5.11. The lowest BCUT2D eigenvalue weighted by Crippen LogP contribution is -2.54. The molecule has 0 spiro atoms. The highest BCUT2D eigenvalue weighted by Crippen LogP contribution is 2.31. The lowest BCUT2D eigenvalue weighted by molar-refractivity contribution is -0.126. The van der Waals surface area contributed by atoms with Gasteiger partial charge in [0, 0.05) is 11.4 Å². The Morgan fingerprint density at radius 1 is 1.50 bits per heavy atom. The molecule has 2 nitrogen and oxygen atoms in total. The number of benzene rings is 1. The third-order valence-corrected chi connectivity index (χ3v) is 3.71. The van der Waals surface area contributed by atoms with Crippen molar-refractivity contribution in [3.63, 3.8) is 0 Å². The van der Waals surface area contributed by atoms with Crippen molar-refractivity contribution in [1.82, 2.24) is 0 Å². The van der Waals surface area contributed by atoms with Crippen LogP contribution in [0.15, 0.2) is 18.2 Å². The molecular weight excluding hydrogens is 222 g/mol. The lowest BCUT2D eigenvalue weighted by atomic mass is 9.73. The molecule has 0 saturated heterocycles. The molecule has 0 unspecified atom stereocenters. The molecule has 1 fully saturated rings. The fraction of sp³-hybridized carbons (Fsp3) is 0.462. The van der Waals surface area contributed by atoms with E-state index in [2.05, 4.69) is 0 Å². The zero-order chi connectivity index (χ0) is 11.8. The van der Waals surface area contributed by atoms with E-state index in [0.29, 0.717) is 11.4 Å². The van der Waals surface area contributed by atoms with Gasteiger partial charge in [0.05, 0.1) is 5.54 Å². The highest BCUT2D eigenvalue weighted by molar-refractivity contribution is 6.31. The van der Waals surface area contributed by atoms with Gasteiger partial charge in [-0.3, -0.25) is 4.79 Å². The monoisotopic (exact) mass is 237 g/mol. The van der Waals surface area contributed by atoms with Gasteiger partial charge in [-0.15, -0.1) is 0 Å². The molecule has 0 aromatic heterocycles. The first kappa shape index (κ1) is 11.6. The van der Waals surface area contributed by atoms with Crippen LogP contribution in [0.3, 0.4) is 0 Å². The van der Waals surface area contributed by atoms with E-state index in [0.717, 1.165) is 30.4 Å². The molecule has 3 heteroatoms. The normalized spacial score (nSPS) is 17.9. The van der Waals surface area contributed by atoms with Gasteiger partial charge in [0.25, 0.3) is 0 Å². The number of carbonyl (C=O) groups is 1. The molecule has 1 aromatic carbocycles. The van der Waals surface area contributed by atoms with Crippen LogP contribution in [0.25, 0.3) is 0 Å². The van der Waals surface area contributed by atoms with E-state index >= 15 is 0 Å².